The number of ether oxygens (including phenoxy) is 2. The lowest BCUT2D eigenvalue weighted by Crippen LogP contribution is -2.35. The number of nitriles is 1. The number of hydrogen-bond acceptors (Lipinski definition) is 8. The summed E-state index contributed by atoms with van der Waals surface area (Å²) in [4.78, 5) is 12.6. The van der Waals surface area contributed by atoms with Crippen molar-refractivity contribution in [1.29, 1.82) is 5.26 Å². The highest BCUT2D eigenvalue weighted by molar-refractivity contribution is 7.99. The molecule has 3 heterocycles. The highest BCUT2D eigenvalue weighted by Gasteiger charge is 2.16. The van der Waals surface area contributed by atoms with Gasteiger partial charge < -0.3 is 19.7 Å². The maximum absolute atomic E-state index is 9.70. The lowest BCUT2D eigenvalue weighted by Gasteiger charge is -2.26. The van der Waals surface area contributed by atoms with Gasteiger partial charge in [0.2, 0.25) is 0 Å². The fourth-order valence-corrected chi connectivity index (χ4v) is 5.28. The van der Waals surface area contributed by atoms with Crippen LogP contribution in [-0.4, -0.2) is 54.1 Å². The van der Waals surface area contributed by atoms with E-state index in [9.17, 15) is 5.26 Å². The molecule has 2 aromatic heterocycles. The molecule has 1 unspecified atom stereocenters. The van der Waals surface area contributed by atoms with Gasteiger partial charge in [0.05, 0.1) is 35.0 Å². The number of aromatic nitrogens is 2. The second kappa shape index (κ2) is 12.2. The van der Waals surface area contributed by atoms with E-state index < -0.39 is 0 Å². The predicted octanol–water partition coefficient (Wildman–Crippen LogP) is 4.63. The Morgan fingerprint density at radius 1 is 1.26 bits per heavy atom. The molecular formula is C27H33N5O2S. The van der Waals surface area contributed by atoms with Gasteiger partial charge in [0, 0.05) is 31.2 Å². The molecule has 0 spiro atoms. The molecule has 1 aromatic carbocycles. The SMILES string of the molecule is CCCN(CCc1c(C#N)cnc2ccc(OC)cc12)CC(C)CNCc1cc2c(cn1)OCS2. The van der Waals surface area contributed by atoms with Crippen LogP contribution in [0.1, 0.15) is 37.1 Å². The fourth-order valence-electron chi connectivity index (χ4n) is 4.49. The van der Waals surface area contributed by atoms with Gasteiger partial charge in [-0.25, -0.2) is 0 Å². The zero-order chi connectivity index (χ0) is 24.6. The van der Waals surface area contributed by atoms with E-state index in [2.05, 4.69) is 46.2 Å². The molecule has 184 valence electrons. The molecule has 1 aliphatic heterocycles. The van der Waals surface area contributed by atoms with E-state index in [0.717, 1.165) is 79.2 Å². The lowest BCUT2D eigenvalue weighted by atomic mass is 10.0. The molecule has 0 saturated heterocycles. The summed E-state index contributed by atoms with van der Waals surface area (Å²) >= 11 is 1.72. The number of hydrogen-bond donors (Lipinski definition) is 1. The molecule has 1 N–H and O–H groups in total. The van der Waals surface area contributed by atoms with Crippen LogP contribution < -0.4 is 14.8 Å². The van der Waals surface area contributed by atoms with Crippen molar-refractivity contribution in [3.05, 3.63) is 53.5 Å². The molecule has 0 amide bonds. The molecule has 7 nitrogen and oxygen atoms in total. The van der Waals surface area contributed by atoms with E-state index in [4.69, 9.17) is 9.47 Å². The van der Waals surface area contributed by atoms with E-state index in [0.29, 0.717) is 17.4 Å². The van der Waals surface area contributed by atoms with Crippen molar-refractivity contribution >= 4 is 22.7 Å². The summed E-state index contributed by atoms with van der Waals surface area (Å²) < 4.78 is 10.9. The molecule has 0 radical (unpaired) electrons. The maximum atomic E-state index is 9.70. The fraction of sp³-hybridized carbons (Fsp3) is 0.444. The van der Waals surface area contributed by atoms with Gasteiger partial charge in [0.25, 0.3) is 0 Å². The zero-order valence-electron chi connectivity index (χ0n) is 20.7. The molecule has 8 heteroatoms. The van der Waals surface area contributed by atoms with Gasteiger partial charge in [-0.3, -0.25) is 9.97 Å². The molecule has 4 rings (SSSR count). The van der Waals surface area contributed by atoms with Crippen LogP contribution in [0.15, 0.2) is 41.6 Å². The standard InChI is InChI=1S/C27H33N5O2S/c1-4-8-32(17-19(2)13-29-15-21-10-27-26(16-30-21)34-18-35-27)9-7-23-20(12-28)14-31-25-6-5-22(33-3)11-24(23)25/h5-6,10-11,14,16,19,29H,4,7-9,13,15,17-18H2,1-3H3. The van der Waals surface area contributed by atoms with E-state index in [1.807, 2.05) is 24.4 Å². The van der Waals surface area contributed by atoms with Gasteiger partial charge in [-0.05, 0) is 61.7 Å². The van der Waals surface area contributed by atoms with Gasteiger partial charge in [-0.1, -0.05) is 25.6 Å². The van der Waals surface area contributed by atoms with Crippen LogP contribution in [0.5, 0.6) is 11.5 Å². The second-order valence-electron chi connectivity index (χ2n) is 8.96. The Morgan fingerprint density at radius 2 is 2.14 bits per heavy atom. The Balaban J connectivity index is 1.35. The van der Waals surface area contributed by atoms with Gasteiger partial charge in [0.15, 0.2) is 5.75 Å². The van der Waals surface area contributed by atoms with Gasteiger partial charge >= 0.3 is 0 Å². The number of rotatable bonds is 12. The number of fused-ring (bicyclic) bond motifs is 2. The molecule has 1 atom stereocenters. The zero-order valence-corrected chi connectivity index (χ0v) is 21.5. The minimum atomic E-state index is 0.485. The molecule has 0 fully saturated rings. The first kappa shape index (κ1) is 25.2. The van der Waals surface area contributed by atoms with Gasteiger partial charge in [0.1, 0.15) is 17.8 Å². The van der Waals surface area contributed by atoms with Gasteiger partial charge in [-0.2, -0.15) is 5.26 Å². The minimum absolute atomic E-state index is 0.485. The normalized spacial score (nSPS) is 13.5. The van der Waals surface area contributed by atoms with Crippen LogP contribution in [-0.2, 0) is 13.0 Å². The smallest absolute Gasteiger partial charge is 0.152 e. The van der Waals surface area contributed by atoms with Crippen molar-refractivity contribution in [2.75, 3.05) is 39.2 Å². The Morgan fingerprint density at radius 3 is 2.94 bits per heavy atom. The summed E-state index contributed by atoms with van der Waals surface area (Å²) in [6.07, 6.45) is 5.41. The topological polar surface area (TPSA) is 83.3 Å². The van der Waals surface area contributed by atoms with Crippen LogP contribution in [0.3, 0.4) is 0 Å². The number of nitrogens with one attached hydrogen (secondary N) is 1. The predicted molar refractivity (Wildman–Crippen MR) is 140 cm³/mol. The third-order valence-corrected chi connectivity index (χ3v) is 7.08. The minimum Gasteiger partial charge on any atom is -0.497 e. The third-order valence-electron chi connectivity index (χ3n) is 6.21. The van der Waals surface area contributed by atoms with E-state index >= 15 is 0 Å². The molecule has 35 heavy (non-hydrogen) atoms. The third kappa shape index (κ3) is 6.43. The quantitative estimate of drug-likeness (QED) is 0.393. The summed E-state index contributed by atoms with van der Waals surface area (Å²) in [5.41, 5.74) is 3.63. The summed E-state index contributed by atoms with van der Waals surface area (Å²) in [6.45, 7) is 9.09. The van der Waals surface area contributed by atoms with Crippen LogP contribution in [0.4, 0.5) is 0 Å². The average Bonchev–Trinajstić information content (AvgIpc) is 3.34. The molecule has 0 saturated carbocycles. The number of methoxy groups -OCH3 is 1. The molecule has 0 aliphatic carbocycles. The van der Waals surface area contributed by atoms with E-state index in [1.54, 1.807) is 25.1 Å². The number of nitrogens with zero attached hydrogens (tertiary/aromatic N) is 4. The number of pyridine rings is 2. The monoisotopic (exact) mass is 491 g/mol. The first-order valence-corrected chi connectivity index (χ1v) is 13.1. The van der Waals surface area contributed by atoms with Crippen molar-refractivity contribution in [1.82, 2.24) is 20.2 Å². The van der Waals surface area contributed by atoms with Gasteiger partial charge in [-0.15, -0.1) is 0 Å². The molecule has 1 aliphatic rings. The first-order valence-electron chi connectivity index (χ1n) is 12.1. The molecular weight excluding hydrogens is 458 g/mol. The number of thioether (sulfide) groups is 1. The largest absolute Gasteiger partial charge is 0.497 e. The van der Waals surface area contributed by atoms with Crippen molar-refractivity contribution in [3.63, 3.8) is 0 Å². The van der Waals surface area contributed by atoms with Crippen molar-refractivity contribution in [2.45, 2.75) is 38.1 Å². The number of benzene rings is 1. The van der Waals surface area contributed by atoms with Crippen molar-refractivity contribution in [3.8, 4) is 17.6 Å². The Labute approximate surface area is 211 Å². The van der Waals surface area contributed by atoms with Crippen LogP contribution in [0, 0.1) is 17.2 Å². The molecule has 0 bridgehead atoms. The highest BCUT2D eigenvalue weighted by atomic mass is 32.2. The van der Waals surface area contributed by atoms with Crippen molar-refractivity contribution in [2.24, 2.45) is 5.92 Å². The average molecular weight is 492 g/mol. The van der Waals surface area contributed by atoms with Crippen LogP contribution in [0.2, 0.25) is 0 Å². The highest BCUT2D eigenvalue weighted by Crippen LogP contribution is 2.35. The Bertz CT molecular complexity index is 1200. The Kier molecular flexibility index (Phi) is 8.80. The summed E-state index contributed by atoms with van der Waals surface area (Å²) in [5.74, 6) is 2.84. The van der Waals surface area contributed by atoms with Crippen LogP contribution in [0.25, 0.3) is 10.9 Å². The second-order valence-corrected chi connectivity index (χ2v) is 9.93. The Hall–Kier alpha value is -2.86. The van der Waals surface area contributed by atoms with E-state index in [1.165, 1.54) is 4.90 Å². The first-order chi connectivity index (χ1) is 17.1. The van der Waals surface area contributed by atoms with Crippen LogP contribution >= 0.6 is 11.8 Å². The molecule has 3 aromatic rings. The van der Waals surface area contributed by atoms with E-state index in [-0.39, 0.29) is 0 Å². The summed E-state index contributed by atoms with van der Waals surface area (Å²) in [7, 11) is 1.66. The lowest BCUT2D eigenvalue weighted by molar-refractivity contribution is 0.237. The maximum Gasteiger partial charge on any atom is 0.152 e. The summed E-state index contributed by atoms with van der Waals surface area (Å²) in [6, 6.07) is 10.3. The summed E-state index contributed by atoms with van der Waals surface area (Å²) in [5, 5.41) is 14.3. The van der Waals surface area contributed by atoms with Crippen molar-refractivity contribution < 1.29 is 9.47 Å².